The number of rotatable bonds is 11. The molecule has 1 N–H and O–H groups in total. The number of hydrogen-bond donors (Lipinski definition) is 1. The smallest absolute Gasteiger partial charge is 0.456 e. The summed E-state index contributed by atoms with van der Waals surface area (Å²) in [6.07, 6.45) is -4.48. The number of hydrogen-bond acceptors (Lipinski definition) is 6. The van der Waals surface area contributed by atoms with Gasteiger partial charge in [0, 0.05) is 18.9 Å². The van der Waals surface area contributed by atoms with Gasteiger partial charge in [0.2, 0.25) is 0 Å². The predicted molar refractivity (Wildman–Crippen MR) is 107 cm³/mol. The summed E-state index contributed by atoms with van der Waals surface area (Å²) < 4.78 is 98.8. The average Bonchev–Trinajstić information content (AvgIpc) is 2.72. The Bertz CT molecular complexity index is 1160. The van der Waals surface area contributed by atoms with Crippen molar-refractivity contribution in [2.45, 2.75) is 37.4 Å². The maximum atomic E-state index is 13.0. The van der Waals surface area contributed by atoms with E-state index >= 15 is 0 Å². The summed E-state index contributed by atoms with van der Waals surface area (Å²) >= 11 is 0. The highest BCUT2D eigenvalue weighted by molar-refractivity contribution is 7.91. The zero-order valence-electron chi connectivity index (χ0n) is 17.3. The van der Waals surface area contributed by atoms with Gasteiger partial charge in [0.1, 0.15) is 12.5 Å². The number of nitrogens with zero attached hydrogens (tertiary/aromatic N) is 1. The van der Waals surface area contributed by atoms with Gasteiger partial charge in [0.15, 0.2) is 16.4 Å². The largest absolute Gasteiger partial charge is 0.487 e. The third kappa shape index (κ3) is 7.39. The number of alkyl halides is 5. The lowest BCUT2D eigenvalue weighted by atomic mass is 10.1. The number of aromatic nitrogens is 2. The Morgan fingerprint density at radius 1 is 1.12 bits per heavy atom. The highest BCUT2D eigenvalue weighted by Gasteiger charge is 2.58. The Morgan fingerprint density at radius 2 is 1.82 bits per heavy atom. The maximum absolute atomic E-state index is 13.0. The molecule has 0 bridgehead atoms. The topological polar surface area (TPSA) is 107 Å². The van der Waals surface area contributed by atoms with Gasteiger partial charge in [0.05, 0.1) is 11.0 Å². The molecular weight excluding hydrogens is 479 g/mol. The molecule has 33 heavy (non-hydrogen) atoms. The monoisotopic (exact) mass is 500 g/mol. The number of sulfone groups is 1. The standard InChI is InChI=1S/C19H21F5N2O6S/c1-13(14-4-2-5-15(10-14)32-11-18(20,21)19(22,23)24)33(29,30)9-3-8-31-12-26-7-6-16(27)25-17(26)28/h2,4-7,10,13H,3,8-9,11-12H2,1H3,(H,25,27,28)/t13-/m1/s1. The van der Waals surface area contributed by atoms with E-state index in [1.807, 2.05) is 4.98 Å². The van der Waals surface area contributed by atoms with Crippen molar-refractivity contribution in [2.75, 3.05) is 19.0 Å². The summed E-state index contributed by atoms with van der Waals surface area (Å²) in [5.74, 6) is -5.69. The number of halogens is 5. The van der Waals surface area contributed by atoms with Crippen LogP contribution in [0.3, 0.4) is 0 Å². The van der Waals surface area contributed by atoms with Crippen molar-refractivity contribution < 1.29 is 39.8 Å². The van der Waals surface area contributed by atoms with E-state index in [0.29, 0.717) is 0 Å². The minimum Gasteiger partial charge on any atom is -0.487 e. The Morgan fingerprint density at radius 3 is 2.45 bits per heavy atom. The molecule has 0 saturated carbocycles. The molecule has 8 nitrogen and oxygen atoms in total. The zero-order valence-corrected chi connectivity index (χ0v) is 18.1. The van der Waals surface area contributed by atoms with Gasteiger partial charge in [-0.1, -0.05) is 12.1 Å². The third-order valence-corrected chi connectivity index (χ3v) is 6.75. The van der Waals surface area contributed by atoms with Gasteiger partial charge in [-0.2, -0.15) is 22.0 Å². The molecule has 184 valence electrons. The van der Waals surface area contributed by atoms with Gasteiger partial charge in [0.25, 0.3) is 5.56 Å². The summed E-state index contributed by atoms with van der Waals surface area (Å²) in [5, 5.41) is -1.09. The SMILES string of the molecule is C[C@H](c1cccc(OCC(F)(F)C(F)(F)F)c1)S(=O)(=O)CCCOCn1ccc(=O)[nH]c1=O. The minimum absolute atomic E-state index is 0.0206. The molecule has 0 aliphatic carbocycles. The van der Waals surface area contributed by atoms with Gasteiger partial charge in [-0.3, -0.25) is 14.3 Å². The van der Waals surface area contributed by atoms with E-state index in [1.54, 1.807) is 0 Å². The van der Waals surface area contributed by atoms with Crippen LogP contribution in [0.4, 0.5) is 22.0 Å². The number of benzene rings is 1. The highest BCUT2D eigenvalue weighted by atomic mass is 32.2. The molecule has 14 heteroatoms. The molecule has 1 aromatic carbocycles. The Balaban J connectivity index is 1.90. The number of nitrogens with one attached hydrogen (secondary N) is 1. The van der Waals surface area contributed by atoms with E-state index in [0.717, 1.165) is 22.8 Å². The molecule has 1 atom stereocenters. The second-order valence-electron chi connectivity index (χ2n) is 7.04. The molecule has 2 aromatic rings. The first-order chi connectivity index (χ1) is 15.2. The molecule has 2 rings (SSSR count). The quantitative estimate of drug-likeness (QED) is 0.376. The Labute approximate surface area is 184 Å². The van der Waals surface area contributed by atoms with Gasteiger partial charge in [-0.15, -0.1) is 0 Å². The molecular formula is C19H21F5N2O6S. The lowest BCUT2D eigenvalue weighted by Gasteiger charge is -2.20. The fraction of sp³-hybridized carbons (Fsp3) is 0.474. The van der Waals surface area contributed by atoms with Gasteiger partial charge < -0.3 is 9.47 Å². The van der Waals surface area contributed by atoms with E-state index in [2.05, 4.69) is 4.74 Å². The van der Waals surface area contributed by atoms with Gasteiger partial charge in [-0.05, 0) is 31.0 Å². The second-order valence-corrected chi connectivity index (χ2v) is 9.48. The number of H-pyrrole nitrogens is 1. The van der Waals surface area contributed by atoms with E-state index in [9.17, 15) is 40.0 Å². The molecule has 0 amide bonds. The Kier molecular flexibility index (Phi) is 8.41. The Hall–Kier alpha value is -2.74. The van der Waals surface area contributed by atoms with Crippen LogP contribution in [0.25, 0.3) is 0 Å². The first-order valence-electron chi connectivity index (χ1n) is 9.49. The van der Waals surface area contributed by atoms with Crippen molar-refractivity contribution >= 4 is 9.84 Å². The van der Waals surface area contributed by atoms with Crippen LogP contribution in [0, 0.1) is 0 Å². The fourth-order valence-corrected chi connectivity index (χ4v) is 4.00. The van der Waals surface area contributed by atoms with Crippen LogP contribution in [-0.2, 0) is 21.3 Å². The van der Waals surface area contributed by atoms with Gasteiger partial charge >= 0.3 is 17.8 Å². The second kappa shape index (κ2) is 10.5. The zero-order chi connectivity index (χ0) is 24.9. The van der Waals surface area contributed by atoms with Crippen LogP contribution in [0.5, 0.6) is 5.75 Å². The van der Waals surface area contributed by atoms with E-state index in [1.165, 1.54) is 25.3 Å². The molecule has 1 heterocycles. The predicted octanol–water partition coefficient (Wildman–Crippen LogP) is 2.65. The molecule has 0 spiro atoms. The fourth-order valence-electron chi connectivity index (χ4n) is 2.57. The van der Waals surface area contributed by atoms with E-state index in [-0.39, 0.29) is 36.8 Å². The third-order valence-electron chi connectivity index (χ3n) is 4.55. The first kappa shape index (κ1) is 26.5. The summed E-state index contributed by atoms with van der Waals surface area (Å²) in [6, 6.07) is 6.03. The van der Waals surface area contributed by atoms with Crippen molar-refractivity contribution in [1.82, 2.24) is 9.55 Å². The molecule has 0 unspecified atom stereocenters. The number of aromatic amines is 1. The summed E-state index contributed by atoms with van der Waals surface area (Å²) in [4.78, 5) is 24.5. The van der Waals surface area contributed by atoms with Crippen LogP contribution in [0.15, 0.2) is 46.1 Å². The van der Waals surface area contributed by atoms with Crippen molar-refractivity contribution in [1.29, 1.82) is 0 Å². The molecule has 0 aliphatic rings. The van der Waals surface area contributed by atoms with Crippen LogP contribution in [0.2, 0.25) is 0 Å². The molecule has 1 aromatic heterocycles. The van der Waals surface area contributed by atoms with Crippen molar-refractivity contribution in [3.8, 4) is 5.75 Å². The molecule has 0 aliphatic heterocycles. The van der Waals surface area contributed by atoms with Crippen LogP contribution in [-0.4, -0.2) is 49.0 Å². The first-order valence-corrected chi connectivity index (χ1v) is 11.2. The maximum Gasteiger partial charge on any atom is 0.456 e. The normalized spacial score (nSPS) is 13.6. The lowest BCUT2D eigenvalue weighted by molar-refractivity contribution is -0.290. The van der Waals surface area contributed by atoms with E-state index < -0.39 is 45.0 Å². The highest BCUT2D eigenvalue weighted by Crippen LogP contribution is 2.36. The average molecular weight is 500 g/mol. The molecule has 0 radical (unpaired) electrons. The van der Waals surface area contributed by atoms with Crippen LogP contribution in [0.1, 0.15) is 24.2 Å². The van der Waals surface area contributed by atoms with Crippen molar-refractivity contribution in [3.05, 3.63) is 62.9 Å². The van der Waals surface area contributed by atoms with Crippen molar-refractivity contribution in [3.63, 3.8) is 0 Å². The summed E-state index contributed by atoms with van der Waals surface area (Å²) in [7, 11) is -3.74. The summed E-state index contributed by atoms with van der Waals surface area (Å²) in [6.45, 7) is -0.809. The number of ether oxygens (including phenoxy) is 2. The van der Waals surface area contributed by atoms with Crippen LogP contribution < -0.4 is 16.0 Å². The van der Waals surface area contributed by atoms with E-state index in [4.69, 9.17) is 4.74 Å². The summed E-state index contributed by atoms with van der Waals surface area (Å²) in [5.41, 5.74) is -1.10. The lowest BCUT2D eigenvalue weighted by Crippen LogP contribution is -2.41. The van der Waals surface area contributed by atoms with Crippen LogP contribution >= 0.6 is 0 Å². The molecule has 0 saturated heterocycles. The van der Waals surface area contributed by atoms with Gasteiger partial charge in [-0.25, -0.2) is 13.2 Å². The minimum atomic E-state index is -5.77. The van der Waals surface area contributed by atoms with Crippen molar-refractivity contribution in [2.24, 2.45) is 0 Å². The molecule has 0 fully saturated rings.